The zero-order valence-electron chi connectivity index (χ0n) is 22.9. The highest BCUT2D eigenvalue weighted by Crippen LogP contribution is 2.33. The van der Waals surface area contributed by atoms with Gasteiger partial charge in [-0.1, -0.05) is 30.3 Å². The number of anilines is 1. The van der Waals surface area contributed by atoms with Gasteiger partial charge >= 0.3 is 0 Å². The Kier molecular flexibility index (Phi) is 7.50. The fourth-order valence-electron chi connectivity index (χ4n) is 5.14. The Hall–Kier alpha value is -4.53. The van der Waals surface area contributed by atoms with Crippen molar-refractivity contribution in [1.29, 1.82) is 0 Å². The van der Waals surface area contributed by atoms with E-state index in [0.717, 1.165) is 56.0 Å². The molecule has 1 aromatic heterocycles. The second-order valence-corrected chi connectivity index (χ2v) is 10.6. The number of aromatic amines is 1. The summed E-state index contributed by atoms with van der Waals surface area (Å²) in [6, 6.07) is 24.7. The molecule has 0 spiro atoms. The first-order valence-electron chi connectivity index (χ1n) is 13.8. The number of hydrogen-bond acceptors (Lipinski definition) is 5. The molecule has 0 atom stereocenters. The maximum Gasteiger partial charge on any atom is 0.255 e. The number of hydrogen-bond donors (Lipinski definition) is 3. The summed E-state index contributed by atoms with van der Waals surface area (Å²) in [5.74, 6) is 0.0269. The number of amides is 1. The fourth-order valence-corrected chi connectivity index (χ4v) is 5.14. The standard InChI is InChI=1S/C33H32FN5O2/c1-38-16-18-39(19-17-38)15-14-22-2-10-27(11-3-22)35-33(41)25-6-12-29-30(21-25)37-32(36-29)28-20-24(7-13-31(28)40)23-4-8-26(34)9-5-23/h2-13,20-21,40H,14-19H2,1H3,(H,35,41)(H,36,37). The van der Waals surface area contributed by atoms with E-state index in [0.29, 0.717) is 28.0 Å². The molecule has 7 nitrogen and oxygen atoms in total. The predicted octanol–water partition coefficient (Wildman–Crippen LogP) is 5.78. The van der Waals surface area contributed by atoms with Crippen molar-refractivity contribution in [2.24, 2.45) is 0 Å². The average molecular weight is 550 g/mol. The SMILES string of the molecule is CN1CCN(CCc2ccc(NC(=O)c3ccc4nc(-c5cc(-c6ccc(F)cc6)ccc5O)[nH]c4c3)cc2)CC1. The molecule has 41 heavy (non-hydrogen) atoms. The summed E-state index contributed by atoms with van der Waals surface area (Å²) in [6.07, 6.45) is 0.985. The third-order valence-electron chi connectivity index (χ3n) is 7.70. The highest BCUT2D eigenvalue weighted by atomic mass is 19.1. The summed E-state index contributed by atoms with van der Waals surface area (Å²) in [6.45, 7) is 5.49. The molecular formula is C33H32FN5O2. The second-order valence-electron chi connectivity index (χ2n) is 10.6. The van der Waals surface area contributed by atoms with Gasteiger partial charge in [0.05, 0.1) is 16.6 Å². The lowest BCUT2D eigenvalue weighted by Crippen LogP contribution is -2.45. The van der Waals surface area contributed by atoms with Crippen LogP contribution in [0.5, 0.6) is 5.75 Å². The molecule has 0 unspecified atom stereocenters. The normalized spacial score (nSPS) is 14.4. The monoisotopic (exact) mass is 549 g/mol. The number of carbonyl (C=O) groups excluding carboxylic acids is 1. The van der Waals surface area contributed by atoms with Crippen LogP contribution in [-0.2, 0) is 6.42 Å². The minimum Gasteiger partial charge on any atom is -0.507 e. The maximum atomic E-state index is 13.4. The molecule has 6 rings (SSSR count). The van der Waals surface area contributed by atoms with Crippen LogP contribution < -0.4 is 5.32 Å². The number of halogens is 1. The van der Waals surface area contributed by atoms with E-state index in [-0.39, 0.29) is 17.5 Å². The Bertz CT molecular complexity index is 1670. The van der Waals surface area contributed by atoms with Crippen LogP contribution in [0.2, 0.25) is 0 Å². The first kappa shape index (κ1) is 26.7. The van der Waals surface area contributed by atoms with Crippen molar-refractivity contribution in [3.63, 3.8) is 0 Å². The van der Waals surface area contributed by atoms with Crippen molar-refractivity contribution in [1.82, 2.24) is 19.8 Å². The molecule has 1 aliphatic rings. The van der Waals surface area contributed by atoms with Gasteiger partial charge in [-0.2, -0.15) is 0 Å². The summed E-state index contributed by atoms with van der Waals surface area (Å²) in [7, 11) is 2.16. The number of phenolic OH excluding ortho intramolecular Hbond substituents is 1. The van der Waals surface area contributed by atoms with Crippen molar-refractivity contribution >= 4 is 22.6 Å². The van der Waals surface area contributed by atoms with Crippen LogP contribution in [0.25, 0.3) is 33.5 Å². The molecule has 3 N–H and O–H groups in total. The highest BCUT2D eigenvalue weighted by Gasteiger charge is 2.15. The molecule has 5 aromatic rings. The molecule has 1 saturated heterocycles. The summed E-state index contributed by atoms with van der Waals surface area (Å²) in [5, 5.41) is 13.5. The number of phenols is 1. The van der Waals surface area contributed by atoms with Crippen molar-refractivity contribution in [3.05, 3.63) is 102 Å². The number of nitrogens with zero attached hydrogens (tertiary/aromatic N) is 3. The smallest absolute Gasteiger partial charge is 0.255 e. The third kappa shape index (κ3) is 6.14. The quantitative estimate of drug-likeness (QED) is 0.240. The van der Waals surface area contributed by atoms with E-state index in [9.17, 15) is 14.3 Å². The van der Waals surface area contributed by atoms with E-state index in [1.807, 2.05) is 18.2 Å². The Labute approximate surface area is 238 Å². The van der Waals surface area contributed by atoms with Gasteiger partial charge in [0.25, 0.3) is 5.91 Å². The number of likely N-dealkylation sites (N-methyl/N-ethyl adjacent to an activating group) is 1. The fraction of sp³-hybridized carbons (Fsp3) is 0.212. The highest BCUT2D eigenvalue weighted by molar-refractivity contribution is 6.06. The second kappa shape index (κ2) is 11.5. The van der Waals surface area contributed by atoms with Gasteiger partial charge in [0, 0.05) is 44.0 Å². The number of nitrogens with one attached hydrogen (secondary N) is 2. The number of fused-ring (bicyclic) bond motifs is 1. The number of H-pyrrole nitrogens is 1. The van der Waals surface area contributed by atoms with E-state index in [2.05, 4.69) is 44.3 Å². The van der Waals surface area contributed by atoms with Gasteiger partial charge in [-0.15, -0.1) is 0 Å². The first-order chi connectivity index (χ1) is 19.9. The Morgan fingerprint density at radius 3 is 2.41 bits per heavy atom. The summed E-state index contributed by atoms with van der Waals surface area (Å²) in [4.78, 5) is 25.8. The largest absolute Gasteiger partial charge is 0.507 e. The number of benzene rings is 4. The van der Waals surface area contributed by atoms with Gasteiger partial charge in [0.1, 0.15) is 17.4 Å². The van der Waals surface area contributed by atoms with E-state index < -0.39 is 0 Å². The van der Waals surface area contributed by atoms with Gasteiger partial charge in [0.2, 0.25) is 0 Å². The molecule has 1 aliphatic heterocycles. The topological polar surface area (TPSA) is 84.5 Å². The Balaban J connectivity index is 1.14. The van der Waals surface area contributed by atoms with Crippen LogP contribution >= 0.6 is 0 Å². The van der Waals surface area contributed by atoms with Gasteiger partial charge < -0.3 is 25.2 Å². The number of aromatic hydroxyl groups is 1. The van der Waals surface area contributed by atoms with E-state index >= 15 is 0 Å². The molecule has 0 radical (unpaired) electrons. The van der Waals surface area contributed by atoms with Crippen molar-refractivity contribution in [2.45, 2.75) is 6.42 Å². The lowest BCUT2D eigenvalue weighted by Gasteiger charge is -2.32. The number of imidazole rings is 1. The lowest BCUT2D eigenvalue weighted by molar-refractivity contribution is 0.102. The number of piperazine rings is 1. The summed E-state index contributed by atoms with van der Waals surface area (Å²) >= 11 is 0. The van der Waals surface area contributed by atoms with Crippen LogP contribution in [-0.4, -0.2) is 70.6 Å². The first-order valence-corrected chi connectivity index (χ1v) is 13.8. The minimum atomic E-state index is -0.307. The number of rotatable bonds is 7. The van der Waals surface area contributed by atoms with Gasteiger partial charge in [-0.25, -0.2) is 9.37 Å². The zero-order chi connectivity index (χ0) is 28.3. The summed E-state index contributed by atoms with van der Waals surface area (Å²) in [5.41, 5.74) is 6.00. The van der Waals surface area contributed by atoms with Crippen LogP contribution in [0.4, 0.5) is 10.1 Å². The minimum absolute atomic E-state index is 0.0693. The van der Waals surface area contributed by atoms with E-state index in [4.69, 9.17) is 0 Å². The molecule has 2 heterocycles. The Morgan fingerprint density at radius 2 is 1.66 bits per heavy atom. The molecule has 0 aliphatic carbocycles. The molecule has 0 bridgehead atoms. The third-order valence-corrected chi connectivity index (χ3v) is 7.70. The molecular weight excluding hydrogens is 517 g/mol. The van der Waals surface area contributed by atoms with Crippen LogP contribution in [0.1, 0.15) is 15.9 Å². The molecule has 1 fully saturated rings. The zero-order valence-corrected chi connectivity index (χ0v) is 22.9. The van der Waals surface area contributed by atoms with Crippen molar-refractivity contribution in [3.8, 4) is 28.3 Å². The van der Waals surface area contributed by atoms with Crippen LogP contribution in [0.3, 0.4) is 0 Å². The number of carbonyl (C=O) groups is 1. The molecule has 0 saturated carbocycles. The average Bonchev–Trinajstić information content (AvgIpc) is 3.42. The van der Waals surface area contributed by atoms with Gasteiger partial charge in [-0.05, 0) is 84.8 Å². The van der Waals surface area contributed by atoms with Gasteiger partial charge in [-0.3, -0.25) is 4.79 Å². The number of aromatic nitrogens is 2. The molecule has 208 valence electrons. The van der Waals surface area contributed by atoms with Crippen molar-refractivity contribution < 1.29 is 14.3 Å². The molecule has 4 aromatic carbocycles. The van der Waals surface area contributed by atoms with Crippen LogP contribution in [0.15, 0.2) is 84.9 Å². The van der Waals surface area contributed by atoms with Gasteiger partial charge in [0.15, 0.2) is 0 Å². The molecule has 1 amide bonds. The summed E-state index contributed by atoms with van der Waals surface area (Å²) < 4.78 is 13.4. The van der Waals surface area contributed by atoms with Crippen LogP contribution in [0, 0.1) is 5.82 Å². The maximum absolute atomic E-state index is 13.4. The lowest BCUT2D eigenvalue weighted by atomic mass is 10.0. The van der Waals surface area contributed by atoms with Crippen molar-refractivity contribution in [2.75, 3.05) is 45.1 Å². The molecule has 8 heteroatoms. The van der Waals surface area contributed by atoms with E-state index in [1.165, 1.54) is 17.7 Å². The Morgan fingerprint density at radius 1 is 0.927 bits per heavy atom. The van der Waals surface area contributed by atoms with E-state index in [1.54, 1.807) is 42.5 Å². The predicted molar refractivity (Wildman–Crippen MR) is 161 cm³/mol.